The summed E-state index contributed by atoms with van der Waals surface area (Å²) in [5.74, 6) is -0.0426. The fraction of sp³-hybridized carbons (Fsp3) is 0.310. The number of hydrogen-bond acceptors (Lipinski definition) is 6. The Bertz CT molecular complexity index is 1350. The fourth-order valence-electron chi connectivity index (χ4n) is 4.29. The van der Waals surface area contributed by atoms with E-state index >= 15 is 0 Å². The molecule has 0 saturated heterocycles. The molecule has 0 saturated carbocycles. The largest absolute Gasteiger partial charge is 0.497 e. The number of benzene rings is 3. The lowest BCUT2D eigenvalue weighted by atomic mass is 10.1. The second kappa shape index (κ2) is 13.7. The lowest BCUT2D eigenvalue weighted by Crippen LogP contribution is -2.52. The molecule has 3 aromatic rings. The summed E-state index contributed by atoms with van der Waals surface area (Å²) in [5.41, 5.74) is 1.20. The molecule has 0 aliphatic carbocycles. The van der Waals surface area contributed by atoms with E-state index < -0.39 is 28.5 Å². The Kier molecular flexibility index (Phi) is 10.3. The zero-order valence-electron chi connectivity index (χ0n) is 22.7. The van der Waals surface area contributed by atoms with Crippen LogP contribution in [0.2, 0.25) is 0 Å². The van der Waals surface area contributed by atoms with E-state index in [1.165, 1.54) is 38.3 Å². The standard InChI is InChI=1S/C29H35N3O6S/c1-5-25(29(34)30-2)31(20-19-22-11-7-6-8-12-22)28(33)21-32(26-13-9-10-14-27(26)38-4)39(35,36)24-17-15-23(37-3)16-18-24/h6-18,25H,5,19-21H2,1-4H3,(H,30,34). The summed E-state index contributed by atoms with van der Waals surface area (Å²) in [7, 11) is 0.222. The van der Waals surface area contributed by atoms with Gasteiger partial charge in [0.2, 0.25) is 11.8 Å². The molecule has 0 bridgehead atoms. The van der Waals surface area contributed by atoms with Gasteiger partial charge in [0, 0.05) is 13.6 Å². The Balaban J connectivity index is 2.04. The highest BCUT2D eigenvalue weighted by Gasteiger charge is 2.34. The molecule has 0 fully saturated rings. The monoisotopic (exact) mass is 553 g/mol. The Labute approximate surface area is 230 Å². The second-order valence-electron chi connectivity index (χ2n) is 8.72. The van der Waals surface area contributed by atoms with Gasteiger partial charge in [-0.05, 0) is 54.8 Å². The van der Waals surface area contributed by atoms with Crippen LogP contribution in [0.25, 0.3) is 0 Å². The van der Waals surface area contributed by atoms with Gasteiger partial charge < -0.3 is 19.7 Å². The van der Waals surface area contributed by atoms with E-state index in [1.807, 2.05) is 37.3 Å². The molecule has 0 aromatic heterocycles. The molecule has 0 spiro atoms. The van der Waals surface area contributed by atoms with Gasteiger partial charge in [-0.25, -0.2) is 8.42 Å². The van der Waals surface area contributed by atoms with Crippen molar-refractivity contribution in [3.05, 3.63) is 84.4 Å². The molecule has 1 atom stereocenters. The van der Waals surface area contributed by atoms with E-state index in [2.05, 4.69) is 5.32 Å². The summed E-state index contributed by atoms with van der Waals surface area (Å²) >= 11 is 0. The molecule has 2 amide bonds. The molecule has 39 heavy (non-hydrogen) atoms. The van der Waals surface area contributed by atoms with E-state index in [4.69, 9.17) is 9.47 Å². The van der Waals surface area contributed by atoms with Gasteiger partial charge in [0.05, 0.1) is 24.8 Å². The third-order valence-corrected chi connectivity index (χ3v) is 8.17. The average Bonchev–Trinajstić information content (AvgIpc) is 2.97. The minimum Gasteiger partial charge on any atom is -0.497 e. The molecule has 3 rings (SSSR count). The van der Waals surface area contributed by atoms with E-state index in [0.29, 0.717) is 18.6 Å². The van der Waals surface area contributed by atoms with Crippen LogP contribution in [0.4, 0.5) is 5.69 Å². The van der Waals surface area contributed by atoms with Gasteiger partial charge in [-0.15, -0.1) is 0 Å². The van der Waals surface area contributed by atoms with Crippen molar-refractivity contribution in [2.75, 3.05) is 38.7 Å². The highest BCUT2D eigenvalue weighted by atomic mass is 32.2. The van der Waals surface area contributed by atoms with E-state index in [0.717, 1.165) is 9.87 Å². The van der Waals surface area contributed by atoms with Crippen LogP contribution in [0.5, 0.6) is 11.5 Å². The number of carbonyl (C=O) groups excluding carboxylic acids is 2. The second-order valence-corrected chi connectivity index (χ2v) is 10.6. The van der Waals surface area contributed by atoms with Gasteiger partial charge in [-0.1, -0.05) is 49.4 Å². The minimum atomic E-state index is -4.22. The molecule has 0 aliphatic heterocycles. The Morgan fingerprint density at radius 1 is 0.897 bits per heavy atom. The summed E-state index contributed by atoms with van der Waals surface area (Å²) < 4.78 is 39.5. The van der Waals surface area contributed by atoms with Crippen LogP contribution in [0.15, 0.2) is 83.8 Å². The summed E-state index contributed by atoms with van der Waals surface area (Å²) in [6.45, 7) is 1.52. The molecular weight excluding hydrogens is 518 g/mol. The van der Waals surface area contributed by atoms with Crippen molar-refractivity contribution in [1.82, 2.24) is 10.2 Å². The number of hydrogen-bond donors (Lipinski definition) is 1. The van der Waals surface area contributed by atoms with Crippen molar-refractivity contribution in [2.24, 2.45) is 0 Å². The van der Waals surface area contributed by atoms with Crippen LogP contribution < -0.4 is 19.1 Å². The van der Waals surface area contributed by atoms with Crippen molar-refractivity contribution in [3.63, 3.8) is 0 Å². The van der Waals surface area contributed by atoms with Crippen molar-refractivity contribution in [1.29, 1.82) is 0 Å². The highest BCUT2D eigenvalue weighted by molar-refractivity contribution is 7.92. The molecular formula is C29H35N3O6S. The molecule has 0 aliphatic rings. The third kappa shape index (κ3) is 7.08. The number of rotatable bonds is 13. The van der Waals surface area contributed by atoms with Gasteiger partial charge in [0.25, 0.3) is 10.0 Å². The molecule has 208 valence electrons. The molecule has 0 heterocycles. The molecule has 9 nitrogen and oxygen atoms in total. The number of ether oxygens (including phenoxy) is 2. The first-order valence-electron chi connectivity index (χ1n) is 12.6. The van der Waals surface area contributed by atoms with E-state index in [9.17, 15) is 18.0 Å². The van der Waals surface area contributed by atoms with Crippen LogP contribution in [-0.4, -0.2) is 65.5 Å². The number of likely N-dealkylation sites (N-methyl/N-ethyl adjacent to an activating group) is 1. The Morgan fingerprint density at radius 3 is 2.13 bits per heavy atom. The van der Waals surface area contributed by atoms with E-state index in [-0.39, 0.29) is 28.8 Å². The number of nitrogens with zero attached hydrogens (tertiary/aromatic N) is 2. The smallest absolute Gasteiger partial charge is 0.264 e. The van der Waals surface area contributed by atoms with Gasteiger partial charge in [-0.2, -0.15) is 0 Å². The van der Waals surface area contributed by atoms with Crippen molar-refractivity contribution < 1.29 is 27.5 Å². The summed E-state index contributed by atoms with van der Waals surface area (Å²) in [5, 5.41) is 2.62. The zero-order valence-corrected chi connectivity index (χ0v) is 23.5. The number of methoxy groups -OCH3 is 2. The number of nitrogens with one attached hydrogen (secondary N) is 1. The number of carbonyl (C=O) groups is 2. The molecule has 1 unspecified atom stereocenters. The molecule has 10 heteroatoms. The normalized spacial score (nSPS) is 11.8. The van der Waals surface area contributed by atoms with E-state index in [1.54, 1.807) is 36.4 Å². The van der Waals surface area contributed by atoms with Crippen LogP contribution in [0, 0.1) is 0 Å². The first kappa shape index (κ1) is 29.5. The molecule has 3 aromatic carbocycles. The van der Waals surface area contributed by atoms with Crippen LogP contribution >= 0.6 is 0 Å². The van der Waals surface area contributed by atoms with Crippen LogP contribution in [-0.2, 0) is 26.0 Å². The van der Waals surface area contributed by atoms with Crippen molar-refractivity contribution in [3.8, 4) is 11.5 Å². The van der Waals surface area contributed by atoms with Crippen molar-refractivity contribution in [2.45, 2.75) is 30.7 Å². The number of anilines is 1. The average molecular weight is 554 g/mol. The Hall–Kier alpha value is -4.05. The van der Waals surface area contributed by atoms with Gasteiger partial charge in [-0.3, -0.25) is 13.9 Å². The van der Waals surface area contributed by atoms with Gasteiger partial charge >= 0.3 is 0 Å². The SMILES string of the molecule is CCC(C(=O)NC)N(CCc1ccccc1)C(=O)CN(c1ccccc1OC)S(=O)(=O)c1ccc(OC)cc1. The number of amides is 2. The Morgan fingerprint density at radius 2 is 1.54 bits per heavy atom. The zero-order chi connectivity index (χ0) is 28.4. The quantitative estimate of drug-likeness (QED) is 0.347. The molecule has 1 N–H and O–H groups in total. The number of para-hydroxylation sites is 2. The highest BCUT2D eigenvalue weighted by Crippen LogP contribution is 2.33. The maximum absolute atomic E-state index is 13.9. The summed E-state index contributed by atoms with van der Waals surface area (Å²) in [6.07, 6.45) is 0.861. The van der Waals surface area contributed by atoms with Gasteiger partial charge in [0.1, 0.15) is 24.1 Å². The predicted molar refractivity (Wildman–Crippen MR) is 151 cm³/mol. The maximum Gasteiger partial charge on any atom is 0.264 e. The third-order valence-electron chi connectivity index (χ3n) is 6.40. The predicted octanol–water partition coefficient (Wildman–Crippen LogP) is 3.50. The van der Waals surface area contributed by atoms with Crippen LogP contribution in [0.3, 0.4) is 0 Å². The van der Waals surface area contributed by atoms with Crippen LogP contribution in [0.1, 0.15) is 18.9 Å². The van der Waals surface area contributed by atoms with Gasteiger partial charge in [0.15, 0.2) is 0 Å². The summed E-state index contributed by atoms with van der Waals surface area (Å²) in [6, 6.07) is 21.4. The topological polar surface area (TPSA) is 105 Å². The first-order chi connectivity index (χ1) is 18.8. The molecule has 0 radical (unpaired) electrons. The first-order valence-corrected chi connectivity index (χ1v) is 14.1. The minimum absolute atomic E-state index is 0.0174. The lowest BCUT2D eigenvalue weighted by molar-refractivity contribution is -0.139. The summed E-state index contributed by atoms with van der Waals surface area (Å²) in [4.78, 5) is 28.1. The van der Waals surface area contributed by atoms with Crippen molar-refractivity contribution >= 4 is 27.5 Å². The number of sulfonamides is 1. The maximum atomic E-state index is 13.9. The lowest BCUT2D eigenvalue weighted by Gasteiger charge is -2.33. The fourth-order valence-corrected chi connectivity index (χ4v) is 5.71.